The van der Waals surface area contributed by atoms with Gasteiger partial charge in [-0.05, 0) is 27.7 Å². The number of amides is 1. The number of nitrogens with one attached hydrogen (secondary N) is 1. The van der Waals surface area contributed by atoms with Crippen LogP contribution >= 0.6 is 0 Å². The van der Waals surface area contributed by atoms with Crippen LogP contribution in [0.4, 0.5) is 5.82 Å². The summed E-state index contributed by atoms with van der Waals surface area (Å²) in [6.45, 7) is 7.52. The predicted molar refractivity (Wildman–Crippen MR) is 75.6 cm³/mol. The molecule has 112 valence electrons. The Labute approximate surface area is 118 Å². The quantitative estimate of drug-likeness (QED) is 0.784. The van der Waals surface area contributed by atoms with Gasteiger partial charge < -0.3 is 10.4 Å². The lowest BCUT2D eigenvalue weighted by molar-refractivity contribution is -0.139. The van der Waals surface area contributed by atoms with Crippen molar-refractivity contribution in [3.05, 3.63) is 12.3 Å². The van der Waals surface area contributed by atoms with Gasteiger partial charge in [-0.15, -0.1) is 0 Å². The monoisotopic (exact) mass is 282 g/mol. The maximum atomic E-state index is 12.0. The van der Waals surface area contributed by atoms with E-state index in [-0.39, 0.29) is 31.1 Å². The van der Waals surface area contributed by atoms with Crippen LogP contribution in [0.1, 0.15) is 33.7 Å². The van der Waals surface area contributed by atoms with Crippen LogP contribution in [-0.4, -0.2) is 50.8 Å². The number of hydrogen-bond acceptors (Lipinski definition) is 4. The first-order chi connectivity index (χ1) is 9.31. The van der Waals surface area contributed by atoms with Gasteiger partial charge in [-0.2, -0.15) is 5.10 Å². The van der Waals surface area contributed by atoms with E-state index in [9.17, 15) is 9.59 Å². The van der Waals surface area contributed by atoms with E-state index in [2.05, 4.69) is 10.4 Å². The molecule has 0 aliphatic carbocycles. The van der Waals surface area contributed by atoms with Gasteiger partial charge in [0.2, 0.25) is 5.91 Å². The molecule has 0 bridgehead atoms. The predicted octanol–water partition coefficient (Wildman–Crippen LogP) is 1.20. The zero-order valence-corrected chi connectivity index (χ0v) is 12.3. The van der Waals surface area contributed by atoms with Crippen molar-refractivity contribution in [1.82, 2.24) is 14.7 Å². The Hall–Kier alpha value is -1.89. The van der Waals surface area contributed by atoms with E-state index < -0.39 is 5.97 Å². The average Bonchev–Trinajstić information content (AvgIpc) is 2.75. The van der Waals surface area contributed by atoms with Gasteiger partial charge in [0.15, 0.2) is 0 Å². The van der Waals surface area contributed by atoms with E-state index >= 15 is 0 Å². The van der Waals surface area contributed by atoms with E-state index in [0.717, 1.165) is 0 Å². The van der Waals surface area contributed by atoms with E-state index in [1.807, 2.05) is 27.7 Å². The number of rotatable bonds is 7. The number of nitrogens with zero attached hydrogens (tertiary/aromatic N) is 3. The number of carboxylic acid groups (broad SMARTS) is 1. The molecule has 2 N–H and O–H groups in total. The zero-order chi connectivity index (χ0) is 15.3. The fourth-order valence-corrected chi connectivity index (χ4v) is 1.79. The van der Waals surface area contributed by atoms with Crippen LogP contribution in [0.25, 0.3) is 0 Å². The molecule has 0 spiro atoms. The molecule has 0 fully saturated rings. The SMILES string of the molecule is CC(C)N(CC(=O)O)CC(=O)Nc1ccnn1C(C)C. The van der Waals surface area contributed by atoms with Crippen molar-refractivity contribution in [2.45, 2.75) is 39.8 Å². The zero-order valence-electron chi connectivity index (χ0n) is 12.3. The van der Waals surface area contributed by atoms with Crippen LogP contribution < -0.4 is 5.32 Å². The Bertz CT molecular complexity index is 468. The Kier molecular flexibility index (Phi) is 5.69. The van der Waals surface area contributed by atoms with E-state index in [1.54, 1.807) is 21.8 Å². The van der Waals surface area contributed by atoms with Gasteiger partial charge in [-0.1, -0.05) is 0 Å². The first kappa shape index (κ1) is 16.2. The Morgan fingerprint density at radius 3 is 2.50 bits per heavy atom. The van der Waals surface area contributed by atoms with Crippen molar-refractivity contribution in [1.29, 1.82) is 0 Å². The lowest BCUT2D eigenvalue weighted by atomic mass is 10.3. The molecule has 0 unspecified atom stereocenters. The lowest BCUT2D eigenvalue weighted by Gasteiger charge is -2.23. The molecule has 0 aromatic carbocycles. The first-order valence-electron chi connectivity index (χ1n) is 6.60. The summed E-state index contributed by atoms with van der Waals surface area (Å²) in [6, 6.07) is 1.84. The van der Waals surface area contributed by atoms with E-state index in [0.29, 0.717) is 5.82 Å². The topological polar surface area (TPSA) is 87.5 Å². The third kappa shape index (κ3) is 4.65. The molecule has 0 saturated carbocycles. The highest BCUT2D eigenvalue weighted by atomic mass is 16.4. The molecule has 1 amide bonds. The normalized spacial score (nSPS) is 11.3. The van der Waals surface area contributed by atoms with Crippen molar-refractivity contribution in [3.63, 3.8) is 0 Å². The number of carbonyl (C=O) groups excluding carboxylic acids is 1. The summed E-state index contributed by atoms with van der Waals surface area (Å²) in [5.74, 6) is -0.579. The molecule has 20 heavy (non-hydrogen) atoms. The second-order valence-electron chi connectivity index (χ2n) is 5.20. The van der Waals surface area contributed by atoms with Crippen LogP contribution in [0, 0.1) is 0 Å². The summed E-state index contributed by atoms with van der Waals surface area (Å²) in [5.41, 5.74) is 0. The Morgan fingerprint density at radius 2 is 2.00 bits per heavy atom. The maximum Gasteiger partial charge on any atom is 0.317 e. The number of hydrogen-bond donors (Lipinski definition) is 2. The number of anilines is 1. The molecule has 0 saturated heterocycles. The molecule has 7 nitrogen and oxygen atoms in total. The Balaban J connectivity index is 2.66. The number of carboxylic acids is 1. The summed E-state index contributed by atoms with van der Waals surface area (Å²) in [7, 11) is 0. The number of aliphatic carboxylic acids is 1. The van der Waals surface area contributed by atoms with Crippen LogP contribution in [0.15, 0.2) is 12.3 Å². The van der Waals surface area contributed by atoms with Crippen LogP contribution in [0.2, 0.25) is 0 Å². The van der Waals surface area contributed by atoms with Crippen molar-refractivity contribution in [3.8, 4) is 0 Å². The summed E-state index contributed by atoms with van der Waals surface area (Å²) >= 11 is 0. The summed E-state index contributed by atoms with van der Waals surface area (Å²) < 4.78 is 1.70. The fraction of sp³-hybridized carbons (Fsp3) is 0.615. The molecule has 0 atom stereocenters. The van der Waals surface area contributed by atoms with Crippen LogP contribution in [0.5, 0.6) is 0 Å². The molecule has 0 aliphatic heterocycles. The van der Waals surface area contributed by atoms with Gasteiger partial charge in [0.25, 0.3) is 0 Å². The molecule has 1 rings (SSSR count). The van der Waals surface area contributed by atoms with Crippen molar-refractivity contribution in [2.75, 3.05) is 18.4 Å². The lowest BCUT2D eigenvalue weighted by Crippen LogP contribution is -2.41. The minimum absolute atomic E-state index is 0.0214. The van der Waals surface area contributed by atoms with Crippen molar-refractivity contribution in [2.24, 2.45) is 0 Å². The summed E-state index contributed by atoms with van der Waals surface area (Å²) in [6.07, 6.45) is 1.62. The minimum Gasteiger partial charge on any atom is -0.480 e. The smallest absolute Gasteiger partial charge is 0.317 e. The molecule has 1 aromatic heterocycles. The third-order valence-corrected chi connectivity index (χ3v) is 2.84. The van der Waals surface area contributed by atoms with Gasteiger partial charge in [0, 0.05) is 18.2 Å². The second-order valence-corrected chi connectivity index (χ2v) is 5.20. The Morgan fingerprint density at radius 1 is 1.35 bits per heavy atom. The van der Waals surface area contributed by atoms with Gasteiger partial charge in [0.1, 0.15) is 5.82 Å². The molecule has 7 heteroatoms. The van der Waals surface area contributed by atoms with E-state index in [1.165, 1.54) is 0 Å². The molecular weight excluding hydrogens is 260 g/mol. The minimum atomic E-state index is -0.946. The first-order valence-corrected chi connectivity index (χ1v) is 6.60. The molecule has 0 radical (unpaired) electrons. The molecule has 0 aliphatic rings. The van der Waals surface area contributed by atoms with Crippen molar-refractivity contribution < 1.29 is 14.7 Å². The van der Waals surface area contributed by atoms with E-state index in [4.69, 9.17) is 5.11 Å². The van der Waals surface area contributed by atoms with Gasteiger partial charge in [-0.25, -0.2) is 4.68 Å². The number of carbonyl (C=O) groups is 2. The molecule has 1 aromatic rings. The largest absolute Gasteiger partial charge is 0.480 e. The highest BCUT2D eigenvalue weighted by Crippen LogP contribution is 2.13. The molecule has 1 heterocycles. The number of aromatic nitrogens is 2. The highest BCUT2D eigenvalue weighted by molar-refractivity contribution is 5.91. The van der Waals surface area contributed by atoms with Crippen LogP contribution in [-0.2, 0) is 9.59 Å². The summed E-state index contributed by atoms with van der Waals surface area (Å²) in [5, 5.41) is 15.7. The van der Waals surface area contributed by atoms with Crippen molar-refractivity contribution >= 4 is 17.7 Å². The van der Waals surface area contributed by atoms with Gasteiger partial charge >= 0.3 is 5.97 Å². The van der Waals surface area contributed by atoms with Gasteiger partial charge in [0.05, 0.1) is 19.3 Å². The third-order valence-electron chi connectivity index (χ3n) is 2.84. The average molecular weight is 282 g/mol. The second kappa shape index (κ2) is 7.04. The summed E-state index contributed by atoms with van der Waals surface area (Å²) in [4.78, 5) is 24.4. The maximum absolute atomic E-state index is 12.0. The fourth-order valence-electron chi connectivity index (χ4n) is 1.79. The van der Waals surface area contributed by atoms with Gasteiger partial charge in [-0.3, -0.25) is 14.5 Å². The standard InChI is InChI=1S/C13H22N4O3/c1-9(2)16(8-13(19)20)7-12(18)15-11-5-6-14-17(11)10(3)4/h5-6,9-10H,7-8H2,1-4H3,(H,15,18)(H,19,20). The highest BCUT2D eigenvalue weighted by Gasteiger charge is 2.18. The molecular formula is C13H22N4O3. The van der Waals surface area contributed by atoms with Crippen LogP contribution in [0.3, 0.4) is 0 Å².